The molecule has 1 aromatic carbocycles. The van der Waals surface area contributed by atoms with Crippen molar-refractivity contribution in [3.8, 4) is 0 Å². The lowest BCUT2D eigenvalue weighted by Gasteiger charge is -2.28. The number of ether oxygens (including phenoxy) is 1. The second kappa shape index (κ2) is 9.09. The molecule has 0 fully saturated rings. The molecule has 1 atom stereocenters. The Kier molecular flexibility index (Phi) is 7.71. The molecule has 7 heteroatoms. The Balaban J connectivity index is 2.40. The lowest BCUT2D eigenvalue weighted by Crippen LogP contribution is -2.43. The highest BCUT2D eigenvalue weighted by atomic mass is 19.1. The molecular formula is C19H29FN2O4. The van der Waals surface area contributed by atoms with Gasteiger partial charge in [0.1, 0.15) is 5.82 Å². The topological polar surface area (TPSA) is 87.7 Å². The highest BCUT2D eigenvalue weighted by Gasteiger charge is 2.26. The monoisotopic (exact) mass is 368 g/mol. The van der Waals surface area contributed by atoms with E-state index in [1.54, 1.807) is 6.92 Å². The van der Waals surface area contributed by atoms with E-state index in [1.165, 1.54) is 32.0 Å². The Morgan fingerprint density at radius 3 is 2.50 bits per heavy atom. The Labute approximate surface area is 154 Å². The molecule has 0 spiro atoms. The van der Waals surface area contributed by atoms with Crippen molar-refractivity contribution in [3.63, 3.8) is 0 Å². The Hall–Kier alpha value is -1.99. The zero-order valence-electron chi connectivity index (χ0n) is 16.1. The normalized spacial score (nSPS) is 13.2. The molecular weight excluding hydrogens is 339 g/mol. The van der Waals surface area contributed by atoms with Gasteiger partial charge in [0.15, 0.2) is 5.79 Å². The number of rotatable bonds is 9. The van der Waals surface area contributed by atoms with Gasteiger partial charge in [-0.05, 0) is 44.4 Å². The number of aliphatic hydroxyl groups is 1. The summed E-state index contributed by atoms with van der Waals surface area (Å²) in [6.45, 7) is 9.04. The van der Waals surface area contributed by atoms with Crippen molar-refractivity contribution in [1.29, 1.82) is 0 Å². The van der Waals surface area contributed by atoms with Crippen LogP contribution >= 0.6 is 0 Å². The third-order valence-corrected chi connectivity index (χ3v) is 3.52. The number of hydrogen-bond acceptors (Lipinski definition) is 4. The quantitative estimate of drug-likeness (QED) is 0.583. The van der Waals surface area contributed by atoms with Crippen LogP contribution in [-0.4, -0.2) is 41.9 Å². The highest BCUT2D eigenvalue weighted by molar-refractivity contribution is 5.94. The lowest BCUT2D eigenvalue weighted by atomic mass is 9.90. The minimum absolute atomic E-state index is 0.179. The predicted octanol–water partition coefficient (Wildman–Crippen LogP) is 2.22. The number of amides is 2. The summed E-state index contributed by atoms with van der Waals surface area (Å²) in [7, 11) is 0. The first-order valence-corrected chi connectivity index (χ1v) is 8.57. The van der Waals surface area contributed by atoms with Crippen LogP contribution in [0.4, 0.5) is 4.39 Å². The van der Waals surface area contributed by atoms with Crippen molar-refractivity contribution in [2.75, 3.05) is 13.2 Å². The van der Waals surface area contributed by atoms with E-state index < -0.39 is 22.9 Å². The van der Waals surface area contributed by atoms with Gasteiger partial charge < -0.3 is 20.5 Å². The van der Waals surface area contributed by atoms with Crippen LogP contribution in [0.5, 0.6) is 0 Å². The van der Waals surface area contributed by atoms with Gasteiger partial charge in [-0.3, -0.25) is 9.59 Å². The van der Waals surface area contributed by atoms with Gasteiger partial charge in [-0.25, -0.2) is 4.39 Å². The molecule has 0 radical (unpaired) electrons. The van der Waals surface area contributed by atoms with Crippen molar-refractivity contribution in [1.82, 2.24) is 10.6 Å². The van der Waals surface area contributed by atoms with Crippen LogP contribution in [0.1, 0.15) is 51.4 Å². The molecule has 146 valence electrons. The van der Waals surface area contributed by atoms with E-state index in [1.807, 2.05) is 13.8 Å². The van der Waals surface area contributed by atoms with Gasteiger partial charge in [-0.2, -0.15) is 0 Å². The molecule has 0 saturated carbocycles. The number of halogens is 1. The van der Waals surface area contributed by atoms with Crippen LogP contribution < -0.4 is 10.6 Å². The van der Waals surface area contributed by atoms with Crippen LogP contribution in [-0.2, 0) is 9.53 Å². The van der Waals surface area contributed by atoms with Crippen molar-refractivity contribution >= 4 is 11.8 Å². The number of nitrogens with one attached hydrogen (secondary N) is 2. The summed E-state index contributed by atoms with van der Waals surface area (Å²) in [5.41, 5.74) is -0.217. The first-order chi connectivity index (χ1) is 11.9. The van der Waals surface area contributed by atoms with Crippen molar-refractivity contribution in [3.05, 3.63) is 35.6 Å². The molecule has 0 heterocycles. The zero-order chi connectivity index (χ0) is 20.0. The highest BCUT2D eigenvalue weighted by Crippen LogP contribution is 2.22. The van der Waals surface area contributed by atoms with E-state index in [-0.39, 0.29) is 37.1 Å². The van der Waals surface area contributed by atoms with E-state index >= 15 is 0 Å². The molecule has 0 aliphatic heterocycles. The van der Waals surface area contributed by atoms with Crippen molar-refractivity contribution < 1.29 is 23.8 Å². The fraction of sp³-hybridized carbons (Fsp3) is 0.579. The molecule has 2 amide bonds. The predicted molar refractivity (Wildman–Crippen MR) is 97.0 cm³/mol. The lowest BCUT2D eigenvalue weighted by molar-refractivity contribution is -0.192. The maximum Gasteiger partial charge on any atom is 0.251 e. The fourth-order valence-corrected chi connectivity index (χ4v) is 2.17. The van der Waals surface area contributed by atoms with Gasteiger partial charge in [0, 0.05) is 24.6 Å². The van der Waals surface area contributed by atoms with Crippen LogP contribution in [0.25, 0.3) is 0 Å². The molecule has 0 aliphatic rings. The maximum absolute atomic E-state index is 13.1. The molecule has 1 aromatic rings. The fourth-order valence-electron chi connectivity index (χ4n) is 2.17. The average Bonchev–Trinajstić information content (AvgIpc) is 2.50. The summed E-state index contributed by atoms with van der Waals surface area (Å²) in [4.78, 5) is 24.1. The standard InChI is InChI=1S/C19H29FN2O4/c1-13(22-17(24)14-7-6-8-15(20)9-14)11-21-16(23)10-18(2,3)12-26-19(4,5)25/h6-9,13,25H,10-12H2,1-5H3,(H,21,23)(H,22,24)/t13-/m0/s1. The van der Waals surface area contributed by atoms with Gasteiger partial charge in [-0.15, -0.1) is 0 Å². The summed E-state index contributed by atoms with van der Waals surface area (Å²) in [6, 6.07) is 5.10. The first-order valence-electron chi connectivity index (χ1n) is 8.57. The third kappa shape index (κ3) is 8.92. The zero-order valence-corrected chi connectivity index (χ0v) is 16.1. The van der Waals surface area contributed by atoms with Gasteiger partial charge >= 0.3 is 0 Å². The number of carbonyl (C=O) groups excluding carboxylic acids is 2. The van der Waals surface area contributed by atoms with E-state index in [4.69, 9.17) is 4.74 Å². The second-order valence-electron chi connectivity index (χ2n) is 7.77. The van der Waals surface area contributed by atoms with Gasteiger partial charge in [-0.1, -0.05) is 19.9 Å². The Bertz CT molecular complexity index is 626. The molecule has 0 saturated heterocycles. The molecule has 26 heavy (non-hydrogen) atoms. The van der Waals surface area contributed by atoms with E-state index in [0.717, 1.165) is 6.07 Å². The first kappa shape index (κ1) is 22.1. The summed E-state index contributed by atoms with van der Waals surface area (Å²) in [5, 5.41) is 15.1. The van der Waals surface area contributed by atoms with Crippen LogP contribution in [0, 0.1) is 11.2 Å². The second-order valence-corrected chi connectivity index (χ2v) is 7.77. The summed E-state index contributed by atoms with van der Waals surface area (Å²) >= 11 is 0. The van der Waals surface area contributed by atoms with E-state index in [0.29, 0.717) is 0 Å². The molecule has 1 rings (SSSR count). The van der Waals surface area contributed by atoms with E-state index in [2.05, 4.69) is 10.6 Å². The van der Waals surface area contributed by atoms with Crippen LogP contribution in [0.2, 0.25) is 0 Å². The maximum atomic E-state index is 13.1. The summed E-state index contributed by atoms with van der Waals surface area (Å²) < 4.78 is 18.5. The van der Waals surface area contributed by atoms with Gasteiger partial charge in [0.2, 0.25) is 5.91 Å². The molecule has 3 N–H and O–H groups in total. The molecule has 0 aliphatic carbocycles. The van der Waals surface area contributed by atoms with Crippen LogP contribution in [0.15, 0.2) is 24.3 Å². The summed E-state index contributed by atoms with van der Waals surface area (Å²) in [5.74, 6) is -2.30. The average molecular weight is 368 g/mol. The largest absolute Gasteiger partial charge is 0.366 e. The van der Waals surface area contributed by atoms with Crippen molar-refractivity contribution in [2.24, 2.45) is 5.41 Å². The Morgan fingerprint density at radius 1 is 1.27 bits per heavy atom. The molecule has 0 bridgehead atoms. The van der Waals surface area contributed by atoms with Gasteiger partial charge in [0.05, 0.1) is 6.61 Å². The van der Waals surface area contributed by atoms with Crippen molar-refractivity contribution in [2.45, 2.75) is 52.9 Å². The Morgan fingerprint density at radius 2 is 1.92 bits per heavy atom. The molecule has 0 aromatic heterocycles. The smallest absolute Gasteiger partial charge is 0.251 e. The van der Waals surface area contributed by atoms with Crippen LogP contribution in [0.3, 0.4) is 0 Å². The number of hydrogen-bond donors (Lipinski definition) is 3. The summed E-state index contributed by atoms with van der Waals surface area (Å²) in [6.07, 6.45) is 0.216. The minimum Gasteiger partial charge on any atom is -0.366 e. The minimum atomic E-state index is -1.25. The number of carbonyl (C=O) groups is 2. The van der Waals surface area contributed by atoms with Gasteiger partial charge in [0.25, 0.3) is 5.91 Å². The number of benzene rings is 1. The molecule has 6 nitrogen and oxygen atoms in total. The van der Waals surface area contributed by atoms with E-state index in [9.17, 15) is 19.1 Å². The third-order valence-electron chi connectivity index (χ3n) is 3.52. The SMILES string of the molecule is C[C@@H](CNC(=O)CC(C)(C)COC(C)(C)O)NC(=O)c1cccc(F)c1. The molecule has 0 unspecified atom stereocenters.